The van der Waals surface area contributed by atoms with Crippen LogP contribution >= 0.6 is 0 Å². The molecule has 33 atom stereocenters. The van der Waals surface area contributed by atoms with Crippen LogP contribution in [0.3, 0.4) is 0 Å². The van der Waals surface area contributed by atoms with Crippen molar-refractivity contribution in [3.8, 4) is 0 Å². The molecule has 0 aromatic rings. The Labute approximate surface area is 506 Å². The van der Waals surface area contributed by atoms with E-state index < -0.39 is 179 Å². The number of esters is 1. The van der Waals surface area contributed by atoms with Crippen molar-refractivity contribution < 1.29 is 131 Å². The molecule has 9 aliphatic heterocycles. The molecule has 11 rings (SSSR count). The normalized spacial score (nSPS) is 52.0. The molecule has 9 heterocycles. The topological polar surface area (TPSA) is 345 Å². The lowest BCUT2D eigenvalue weighted by Crippen LogP contribution is -2.65. The van der Waals surface area contributed by atoms with E-state index in [4.69, 9.17) is 85.3 Å². The van der Waals surface area contributed by atoms with Crippen LogP contribution in [0.1, 0.15) is 106 Å². The second kappa shape index (κ2) is 27.4. The van der Waals surface area contributed by atoms with Crippen molar-refractivity contribution in [2.45, 2.75) is 284 Å². The zero-order valence-electron chi connectivity index (χ0n) is 51.1. The van der Waals surface area contributed by atoms with E-state index in [0.717, 1.165) is 31.3 Å². The first-order valence-corrected chi connectivity index (χ1v) is 31.2. The molecule has 0 radical (unpaired) electrons. The predicted octanol–water partition coefficient (Wildman–Crippen LogP) is 0.217. The van der Waals surface area contributed by atoms with Gasteiger partial charge in [0.1, 0.15) is 79.4 Å². The van der Waals surface area contributed by atoms with E-state index in [-0.39, 0.29) is 67.0 Å². The van der Waals surface area contributed by atoms with Gasteiger partial charge in [0.05, 0.1) is 92.9 Å². The molecule has 496 valence electrons. The third-order valence-corrected chi connectivity index (χ3v) is 20.7. The van der Waals surface area contributed by atoms with E-state index in [1.54, 1.807) is 21.1 Å². The van der Waals surface area contributed by atoms with Gasteiger partial charge in [-0.25, -0.2) is 0 Å². The fourth-order valence-electron chi connectivity index (χ4n) is 15.7. The van der Waals surface area contributed by atoms with Crippen molar-refractivity contribution in [1.82, 2.24) is 0 Å². The molecule has 8 N–H and O–H groups in total. The number of methoxy groups -OCH3 is 3. The molecule has 9 fully saturated rings. The first kappa shape index (κ1) is 66.3. The van der Waals surface area contributed by atoms with Gasteiger partial charge in [0.2, 0.25) is 5.79 Å². The van der Waals surface area contributed by atoms with Gasteiger partial charge in [0.15, 0.2) is 37.7 Å². The van der Waals surface area contributed by atoms with Crippen molar-refractivity contribution in [2.24, 2.45) is 23.2 Å². The summed E-state index contributed by atoms with van der Waals surface area (Å²) in [7, 11) is 4.64. The maximum absolute atomic E-state index is 13.8. The fourth-order valence-corrected chi connectivity index (χ4v) is 15.7. The summed E-state index contributed by atoms with van der Waals surface area (Å²) in [6, 6.07) is 0. The lowest BCUT2D eigenvalue weighted by Gasteiger charge is -2.50. The molecule has 0 bridgehead atoms. The fraction of sp³-hybridized carbons (Fsp3) is 0.917. The molecule has 8 saturated heterocycles. The molecule has 0 unspecified atom stereocenters. The number of hydrogen-bond donors (Lipinski definition) is 8. The average Bonchev–Trinajstić information content (AvgIpc) is 1.75. The van der Waals surface area contributed by atoms with Gasteiger partial charge in [-0.3, -0.25) is 4.79 Å². The van der Waals surface area contributed by atoms with Crippen molar-refractivity contribution in [1.29, 1.82) is 0 Å². The number of aliphatic hydroxyl groups is 8. The minimum Gasteiger partial charge on any atom is -0.469 e. The Morgan fingerprint density at radius 1 is 0.586 bits per heavy atom. The quantitative estimate of drug-likeness (QED) is 0.0713. The second-order valence-electron chi connectivity index (χ2n) is 26.0. The Kier molecular flexibility index (Phi) is 20.9. The van der Waals surface area contributed by atoms with E-state index in [2.05, 4.69) is 13.0 Å². The smallest absolute Gasteiger partial charge is 0.309 e. The van der Waals surface area contributed by atoms with Crippen LogP contribution in [0, 0.1) is 23.2 Å². The van der Waals surface area contributed by atoms with Crippen molar-refractivity contribution >= 4 is 5.97 Å². The Morgan fingerprint density at radius 2 is 1.10 bits per heavy atom. The third-order valence-electron chi connectivity index (χ3n) is 20.7. The minimum absolute atomic E-state index is 0.0911. The maximum atomic E-state index is 13.8. The number of hydrogen-bond acceptors (Lipinski definition) is 27. The number of aliphatic hydroxyl groups excluding tert-OH is 8. The highest BCUT2D eigenvalue weighted by Crippen LogP contribution is 2.57. The first-order chi connectivity index (χ1) is 41.6. The van der Waals surface area contributed by atoms with Crippen molar-refractivity contribution in [3.63, 3.8) is 0 Å². The molecule has 11 aliphatic rings. The van der Waals surface area contributed by atoms with Gasteiger partial charge < -0.3 is 126 Å². The Bertz CT molecular complexity index is 2350. The lowest BCUT2D eigenvalue weighted by molar-refractivity contribution is -0.376. The number of rotatable bonds is 17. The van der Waals surface area contributed by atoms with Crippen LogP contribution < -0.4 is 0 Å². The molecular formula is C60H94O27. The summed E-state index contributed by atoms with van der Waals surface area (Å²) < 4.78 is 111. The molecular weight excluding hydrogens is 1150 g/mol. The van der Waals surface area contributed by atoms with Crippen LogP contribution in [-0.4, -0.2) is 266 Å². The summed E-state index contributed by atoms with van der Waals surface area (Å²) in [5.41, 5.74) is 2.27. The number of ether oxygens (including phenoxy) is 18. The number of carbonyl (C=O) groups excluding carboxylic acids is 1. The van der Waals surface area contributed by atoms with E-state index in [9.17, 15) is 45.6 Å². The van der Waals surface area contributed by atoms with E-state index in [1.165, 1.54) is 12.7 Å². The van der Waals surface area contributed by atoms with E-state index in [0.29, 0.717) is 19.4 Å². The predicted molar refractivity (Wildman–Crippen MR) is 293 cm³/mol. The highest BCUT2D eigenvalue weighted by atomic mass is 16.8. The van der Waals surface area contributed by atoms with Gasteiger partial charge in [-0.1, -0.05) is 18.6 Å². The molecule has 0 aromatic carbocycles. The first-order valence-electron chi connectivity index (χ1n) is 31.2. The molecule has 2 aliphatic carbocycles. The number of allylic oxidation sites excluding steroid dienone is 1. The summed E-state index contributed by atoms with van der Waals surface area (Å²) in [6.07, 6.45) is -17.8. The average molecular weight is 1250 g/mol. The summed E-state index contributed by atoms with van der Waals surface area (Å²) >= 11 is 0. The van der Waals surface area contributed by atoms with Gasteiger partial charge in [-0.15, -0.1) is 0 Å². The number of fused-ring (bicyclic) bond motifs is 3. The molecule has 27 nitrogen and oxygen atoms in total. The summed E-state index contributed by atoms with van der Waals surface area (Å²) in [5.74, 6) is -1.14. The second-order valence-corrected chi connectivity index (χ2v) is 26.0. The van der Waals surface area contributed by atoms with Crippen molar-refractivity contribution in [3.05, 3.63) is 23.5 Å². The van der Waals surface area contributed by atoms with Gasteiger partial charge in [-0.2, -0.15) is 0 Å². The van der Waals surface area contributed by atoms with E-state index in [1.807, 2.05) is 34.0 Å². The summed E-state index contributed by atoms with van der Waals surface area (Å²) in [5, 5.41) is 85.0. The van der Waals surface area contributed by atoms with Crippen LogP contribution in [0.5, 0.6) is 0 Å². The minimum atomic E-state index is -1.81. The highest BCUT2D eigenvalue weighted by molar-refractivity contribution is 5.74. The molecule has 1 saturated carbocycles. The molecule has 0 spiro atoms. The van der Waals surface area contributed by atoms with Crippen molar-refractivity contribution in [2.75, 3.05) is 41.2 Å². The zero-order chi connectivity index (χ0) is 62.0. The molecule has 0 aromatic heterocycles. The molecule has 27 heteroatoms. The van der Waals surface area contributed by atoms with E-state index >= 15 is 0 Å². The third kappa shape index (κ3) is 13.2. The van der Waals surface area contributed by atoms with Gasteiger partial charge in [0.25, 0.3) is 0 Å². The lowest BCUT2D eigenvalue weighted by atomic mass is 9.55. The van der Waals surface area contributed by atoms with Crippen LogP contribution in [0.2, 0.25) is 0 Å². The van der Waals surface area contributed by atoms with Gasteiger partial charge in [-0.05, 0) is 83.1 Å². The van der Waals surface area contributed by atoms with Crippen LogP contribution in [0.25, 0.3) is 0 Å². The number of carbonyl (C=O) groups is 1. The largest absolute Gasteiger partial charge is 0.469 e. The van der Waals surface area contributed by atoms with Gasteiger partial charge >= 0.3 is 5.97 Å². The molecule has 87 heavy (non-hydrogen) atoms. The standard InChI is InChI=1S/C60H94O27/c1-25-51(34(63)17-41(75-25)79-31-14-15-59(5)30(16-31)11-12-32-33(59)13-10-29-23-73-60(6)45(29)40(24-74-60)80-56(32)69)83-42-18-35(70-7)52(26(2)76-42)84-43-19-36(71-8)53(27(3)77-43)85-44-20-37(72-9)54(28(4)78-44)86-58-50(68)48(66)55(39(22-62)82-58)87-57-49(67)47(65)46(64)38(21-61)81-57/h11,23,25-28,31-55,57-58,61-68H,10,12-22,24H2,1-9H3/t25-,26+,27-,28-,31+,32-,33+,34-,35-,36-,37-,38-,39-,40-,41+,42-,43+,44+,45-,46-,47+,48-,49-,50-,51-,52+,53-,54-,55-,57+,58+,59+,60+/m1/s1. The Morgan fingerprint density at radius 3 is 1.67 bits per heavy atom. The summed E-state index contributed by atoms with van der Waals surface area (Å²) in [6.45, 7) is 10.4. The highest BCUT2D eigenvalue weighted by Gasteiger charge is 2.59. The summed E-state index contributed by atoms with van der Waals surface area (Å²) in [4.78, 5) is 13.8. The van der Waals surface area contributed by atoms with Crippen LogP contribution in [0.4, 0.5) is 0 Å². The molecule has 0 amide bonds. The SMILES string of the molecule is CO[C@@H]1C[C@H](O[C@H]2[C@H](C)O[C@H](O[C@H]3[C@H](O)C[C@H](O[C@H]4CC[C@@]5(C)C(=CC[C@H]6C(=O)O[C@@H]7CO[C@]8(C)OC=C(CC[C@@H]65)[C@H]78)C4)O[C@@H]3C)C[C@H]2OC)O[C@H](C)[C@H]1O[C@H]1C[C@@H](OC)[C@H](O[C@@H]2O[C@H](CO)[C@@H](O[C@@H]3O[C@H](CO)[C@@H](O)[C@H](O)[C@H]3O)[C@H](O)[C@H]2O)[C@@H](C)O1. The van der Waals surface area contributed by atoms with Gasteiger partial charge in [0, 0.05) is 53.9 Å². The Hall–Kier alpha value is -2.21. The Balaban J connectivity index is 0.631. The van der Waals surface area contributed by atoms with Crippen LogP contribution in [-0.2, 0) is 90.1 Å². The monoisotopic (exact) mass is 1250 g/mol. The zero-order valence-corrected chi connectivity index (χ0v) is 51.1. The maximum Gasteiger partial charge on any atom is 0.309 e. The van der Waals surface area contributed by atoms with Crippen LogP contribution in [0.15, 0.2) is 23.5 Å².